The molecule has 0 unspecified atom stereocenters. The van der Waals surface area contributed by atoms with Gasteiger partial charge in [-0.15, -0.1) is 0 Å². The van der Waals surface area contributed by atoms with Crippen LogP contribution in [0, 0.1) is 6.92 Å². The van der Waals surface area contributed by atoms with E-state index in [0.29, 0.717) is 31.5 Å². The molecule has 0 aromatic heterocycles. The zero-order chi connectivity index (χ0) is 15.6. The van der Waals surface area contributed by atoms with Crippen molar-refractivity contribution in [2.24, 2.45) is 0 Å². The van der Waals surface area contributed by atoms with E-state index in [4.69, 9.17) is 0 Å². The lowest BCUT2D eigenvalue weighted by molar-refractivity contribution is 0.0923. The SMILES string of the molecule is Cc1c(Br)cccc1C(=O)NC1CCN(S(C)(=O)=O)CC1. The third-order valence-electron chi connectivity index (χ3n) is 3.77. The summed E-state index contributed by atoms with van der Waals surface area (Å²) in [6.45, 7) is 2.81. The van der Waals surface area contributed by atoms with Crippen molar-refractivity contribution in [1.29, 1.82) is 0 Å². The molecule has 0 radical (unpaired) electrons. The molecule has 1 aromatic rings. The molecular weight excluding hydrogens is 356 g/mol. The Morgan fingerprint density at radius 3 is 2.52 bits per heavy atom. The van der Waals surface area contributed by atoms with Gasteiger partial charge in [0.1, 0.15) is 0 Å². The van der Waals surface area contributed by atoms with E-state index < -0.39 is 10.0 Å². The number of nitrogens with zero attached hydrogens (tertiary/aromatic N) is 1. The van der Waals surface area contributed by atoms with Gasteiger partial charge in [-0.05, 0) is 37.5 Å². The van der Waals surface area contributed by atoms with Gasteiger partial charge in [0.15, 0.2) is 0 Å². The molecule has 1 aliphatic rings. The van der Waals surface area contributed by atoms with E-state index in [1.54, 1.807) is 6.07 Å². The van der Waals surface area contributed by atoms with Crippen LogP contribution in [0.2, 0.25) is 0 Å². The van der Waals surface area contributed by atoms with Crippen molar-refractivity contribution in [3.05, 3.63) is 33.8 Å². The summed E-state index contributed by atoms with van der Waals surface area (Å²) < 4.78 is 25.3. The Bertz CT molecular complexity index is 638. The van der Waals surface area contributed by atoms with Crippen molar-refractivity contribution < 1.29 is 13.2 Å². The van der Waals surface area contributed by atoms with Crippen LogP contribution >= 0.6 is 15.9 Å². The molecule has 1 aromatic carbocycles. The summed E-state index contributed by atoms with van der Waals surface area (Å²) in [5, 5.41) is 2.99. The zero-order valence-corrected chi connectivity index (χ0v) is 14.5. The van der Waals surface area contributed by atoms with E-state index in [1.807, 2.05) is 19.1 Å². The fraction of sp³-hybridized carbons (Fsp3) is 0.500. The van der Waals surface area contributed by atoms with E-state index in [-0.39, 0.29) is 11.9 Å². The van der Waals surface area contributed by atoms with Crippen LogP contribution in [-0.4, -0.2) is 44.0 Å². The lowest BCUT2D eigenvalue weighted by atomic mass is 10.0. The Morgan fingerprint density at radius 1 is 1.33 bits per heavy atom. The average molecular weight is 375 g/mol. The van der Waals surface area contributed by atoms with Crippen molar-refractivity contribution >= 4 is 31.9 Å². The second kappa shape index (κ2) is 6.46. The summed E-state index contributed by atoms with van der Waals surface area (Å²) in [5.74, 6) is -0.105. The van der Waals surface area contributed by atoms with Crippen LogP contribution in [0.3, 0.4) is 0 Å². The van der Waals surface area contributed by atoms with Gasteiger partial charge in [-0.1, -0.05) is 22.0 Å². The highest BCUT2D eigenvalue weighted by Crippen LogP contribution is 2.20. The quantitative estimate of drug-likeness (QED) is 0.878. The number of rotatable bonds is 3. The van der Waals surface area contributed by atoms with Gasteiger partial charge in [0.2, 0.25) is 10.0 Å². The van der Waals surface area contributed by atoms with Crippen LogP contribution in [-0.2, 0) is 10.0 Å². The number of nitrogens with one attached hydrogen (secondary N) is 1. The zero-order valence-electron chi connectivity index (χ0n) is 12.1. The van der Waals surface area contributed by atoms with Crippen molar-refractivity contribution in [2.45, 2.75) is 25.8 Å². The molecule has 21 heavy (non-hydrogen) atoms. The van der Waals surface area contributed by atoms with E-state index in [0.717, 1.165) is 10.0 Å². The largest absolute Gasteiger partial charge is 0.349 e. The smallest absolute Gasteiger partial charge is 0.251 e. The third kappa shape index (κ3) is 4.05. The molecule has 1 aliphatic heterocycles. The number of amides is 1. The van der Waals surface area contributed by atoms with Crippen molar-refractivity contribution in [1.82, 2.24) is 9.62 Å². The van der Waals surface area contributed by atoms with Gasteiger partial charge < -0.3 is 5.32 Å². The van der Waals surface area contributed by atoms with Crippen LogP contribution in [0.4, 0.5) is 0 Å². The molecule has 1 N–H and O–H groups in total. The van der Waals surface area contributed by atoms with Gasteiger partial charge in [-0.25, -0.2) is 12.7 Å². The molecule has 0 bridgehead atoms. The Morgan fingerprint density at radius 2 is 1.95 bits per heavy atom. The molecule has 0 spiro atoms. The first-order valence-electron chi connectivity index (χ1n) is 6.80. The van der Waals surface area contributed by atoms with Crippen LogP contribution in [0.25, 0.3) is 0 Å². The molecule has 116 valence electrons. The van der Waals surface area contributed by atoms with Gasteiger partial charge in [0.05, 0.1) is 6.26 Å². The molecule has 1 heterocycles. The molecule has 0 aliphatic carbocycles. The number of hydrogen-bond acceptors (Lipinski definition) is 3. The van der Waals surface area contributed by atoms with Gasteiger partial charge in [-0.2, -0.15) is 0 Å². The Labute approximate surface area is 133 Å². The molecule has 5 nitrogen and oxygen atoms in total. The molecule has 1 fully saturated rings. The molecule has 1 amide bonds. The fourth-order valence-electron chi connectivity index (χ4n) is 2.45. The van der Waals surface area contributed by atoms with Crippen LogP contribution in [0.1, 0.15) is 28.8 Å². The summed E-state index contributed by atoms with van der Waals surface area (Å²) in [4.78, 5) is 12.3. The maximum absolute atomic E-state index is 12.3. The maximum Gasteiger partial charge on any atom is 0.251 e. The molecule has 0 atom stereocenters. The average Bonchev–Trinajstić information content (AvgIpc) is 2.41. The van der Waals surface area contributed by atoms with Crippen molar-refractivity contribution in [3.8, 4) is 0 Å². The number of sulfonamides is 1. The number of halogens is 1. The van der Waals surface area contributed by atoms with Crippen LogP contribution in [0.5, 0.6) is 0 Å². The van der Waals surface area contributed by atoms with Gasteiger partial charge >= 0.3 is 0 Å². The number of carbonyl (C=O) groups is 1. The fourth-order valence-corrected chi connectivity index (χ4v) is 3.69. The third-order valence-corrected chi connectivity index (χ3v) is 5.93. The minimum Gasteiger partial charge on any atom is -0.349 e. The maximum atomic E-state index is 12.3. The monoisotopic (exact) mass is 374 g/mol. The summed E-state index contributed by atoms with van der Waals surface area (Å²) in [6, 6.07) is 5.55. The first kappa shape index (κ1) is 16.5. The first-order valence-corrected chi connectivity index (χ1v) is 9.44. The highest BCUT2D eigenvalue weighted by molar-refractivity contribution is 9.10. The highest BCUT2D eigenvalue weighted by Gasteiger charge is 2.26. The number of benzene rings is 1. The molecule has 7 heteroatoms. The minimum atomic E-state index is -3.13. The predicted octanol–water partition coefficient (Wildman–Crippen LogP) is 1.91. The number of hydrogen-bond donors (Lipinski definition) is 1. The number of piperidine rings is 1. The summed E-state index contributed by atoms with van der Waals surface area (Å²) >= 11 is 3.42. The highest BCUT2D eigenvalue weighted by atomic mass is 79.9. The van der Waals surface area contributed by atoms with Gasteiger partial charge in [0, 0.05) is 29.2 Å². The molecular formula is C14H19BrN2O3S. The summed E-state index contributed by atoms with van der Waals surface area (Å²) in [7, 11) is -3.13. The van der Waals surface area contributed by atoms with E-state index >= 15 is 0 Å². The predicted molar refractivity (Wildman–Crippen MR) is 85.8 cm³/mol. The van der Waals surface area contributed by atoms with Crippen molar-refractivity contribution in [3.63, 3.8) is 0 Å². The van der Waals surface area contributed by atoms with Crippen LogP contribution in [0.15, 0.2) is 22.7 Å². The lowest BCUT2D eigenvalue weighted by Crippen LogP contribution is -2.46. The standard InChI is InChI=1S/C14H19BrN2O3S/c1-10-12(4-3-5-13(10)15)14(18)16-11-6-8-17(9-7-11)21(2,19)20/h3-5,11H,6-9H2,1-2H3,(H,16,18). The summed E-state index contributed by atoms with van der Waals surface area (Å²) in [5.41, 5.74) is 1.55. The van der Waals surface area contributed by atoms with Crippen LogP contribution < -0.4 is 5.32 Å². The molecule has 2 rings (SSSR count). The minimum absolute atomic E-state index is 0.0221. The second-order valence-electron chi connectivity index (χ2n) is 5.32. The van der Waals surface area contributed by atoms with Gasteiger partial charge in [0.25, 0.3) is 5.91 Å². The Kier molecular flexibility index (Phi) is 5.06. The topological polar surface area (TPSA) is 66.5 Å². The lowest BCUT2D eigenvalue weighted by Gasteiger charge is -2.30. The van der Waals surface area contributed by atoms with Gasteiger partial charge in [-0.3, -0.25) is 4.79 Å². The first-order chi connectivity index (χ1) is 9.79. The molecule has 0 saturated carbocycles. The second-order valence-corrected chi connectivity index (χ2v) is 8.16. The Balaban J connectivity index is 1.98. The summed E-state index contributed by atoms with van der Waals surface area (Å²) in [6.07, 6.45) is 2.51. The number of carbonyl (C=O) groups excluding carboxylic acids is 1. The van der Waals surface area contributed by atoms with Crippen molar-refractivity contribution in [2.75, 3.05) is 19.3 Å². The molecule has 1 saturated heterocycles. The van der Waals surface area contributed by atoms with E-state index in [2.05, 4.69) is 21.2 Å². The Hall–Kier alpha value is -0.920. The van der Waals surface area contributed by atoms with E-state index in [9.17, 15) is 13.2 Å². The van der Waals surface area contributed by atoms with E-state index in [1.165, 1.54) is 10.6 Å². The normalized spacial score (nSPS) is 17.7.